The first kappa shape index (κ1) is 25.6. The average molecular weight is 543 g/mol. The van der Waals surface area contributed by atoms with E-state index in [1.807, 2.05) is 18.7 Å². The molecule has 2 fully saturated rings. The first-order chi connectivity index (χ1) is 19.4. The highest BCUT2D eigenvalue weighted by atomic mass is 16.5. The number of morpholine rings is 1. The Morgan fingerprint density at radius 1 is 1.07 bits per heavy atom. The molecule has 1 amide bonds. The number of aliphatic carboxylic acids is 1. The molecule has 7 nitrogen and oxygen atoms in total. The number of carbonyl (C=O) groups excluding carboxylic acids is 1. The second-order valence-electron chi connectivity index (χ2n) is 12.3. The van der Waals surface area contributed by atoms with Crippen LogP contribution in [0.3, 0.4) is 0 Å². The van der Waals surface area contributed by atoms with Crippen LogP contribution in [0.15, 0.2) is 52.6 Å². The van der Waals surface area contributed by atoms with Gasteiger partial charge in [-0.25, -0.2) is 4.79 Å². The number of rotatable bonds is 4. The molecule has 3 heterocycles. The number of carboxylic acid groups (broad SMARTS) is 1. The van der Waals surface area contributed by atoms with Crippen molar-refractivity contribution in [2.24, 2.45) is 5.92 Å². The lowest BCUT2D eigenvalue weighted by molar-refractivity contribution is -0.148. The Morgan fingerprint density at radius 3 is 2.52 bits per heavy atom. The molecule has 4 atom stereocenters. The Labute approximate surface area is 235 Å². The number of ether oxygens (including phenoxy) is 2. The standard InChI is InChI=1S/C33H38N2O5/c1-18-15-34(16-19(2)40-18)32(36)23-11-7-10-22-28(23)26-14-24-27(39-3)13-12-21(20-8-5-4-6-9-20)31(24)35(26)17-25-29(22)30(25)33(37)38/h7,10,12-14,18-20,23,28H,4-6,8-9,11,15-17H2,1-3H3,(H,37,38)/t18-,19+,23-,28?/m1/s1. The molecule has 1 aromatic heterocycles. The molecule has 3 aliphatic carbocycles. The highest BCUT2D eigenvalue weighted by Gasteiger charge is 2.48. The van der Waals surface area contributed by atoms with E-state index in [1.165, 1.54) is 37.7 Å². The molecule has 1 saturated carbocycles. The van der Waals surface area contributed by atoms with Crippen molar-refractivity contribution < 1.29 is 24.2 Å². The summed E-state index contributed by atoms with van der Waals surface area (Å²) < 4.78 is 14.1. The third-order valence-electron chi connectivity index (χ3n) is 9.75. The first-order valence-electron chi connectivity index (χ1n) is 14.9. The van der Waals surface area contributed by atoms with Gasteiger partial charge >= 0.3 is 5.97 Å². The SMILES string of the molecule is COc1ccc(C2CCCCC2)c2c1cc1n2CC2=C(C(=O)O)C2=C2C=CC[C@@H](C(=O)N3C[C@@H](C)O[C@@H](C)C3)C21. The van der Waals surface area contributed by atoms with Crippen LogP contribution in [0, 0.1) is 5.92 Å². The topological polar surface area (TPSA) is 81.0 Å². The molecular formula is C33H38N2O5. The van der Waals surface area contributed by atoms with Crippen LogP contribution in [-0.4, -0.2) is 58.9 Å². The Balaban J connectivity index is 1.42. The fourth-order valence-electron chi connectivity index (χ4n) is 8.09. The van der Waals surface area contributed by atoms with Crippen molar-refractivity contribution in [3.8, 4) is 5.75 Å². The van der Waals surface area contributed by atoms with Crippen molar-refractivity contribution in [2.45, 2.75) is 83.0 Å². The summed E-state index contributed by atoms with van der Waals surface area (Å²) in [5, 5.41) is 11.2. The van der Waals surface area contributed by atoms with Crippen molar-refractivity contribution >= 4 is 22.8 Å². The minimum atomic E-state index is -0.876. The van der Waals surface area contributed by atoms with E-state index in [4.69, 9.17) is 9.47 Å². The summed E-state index contributed by atoms with van der Waals surface area (Å²) in [5.41, 5.74) is 6.74. The number of fused-ring (bicyclic) bond motifs is 6. The van der Waals surface area contributed by atoms with Crippen LogP contribution in [0.4, 0.5) is 0 Å². The van der Waals surface area contributed by atoms with Gasteiger partial charge in [-0.1, -0.05) is 37.5 Å². The van der Waals surface area contributed by atoms with Crippen LogP contribution in [0.25, 0.3) is 10.9 Å². The molecule has 0 spiro atoms. The van der Waals surface area contributed by atoms with Crippen molar-refractivity contribution in [3.63, 3.8) is 0 Å². The normalized spacial score (nSPS) is 28.2. The van der Waals surface area contributed by atoms with Gasteiger partial charge in [0, 0.05) is 36.6 Å². The summed E-state index contributed by atoms with van der Waals surface area (Å²) in [6.45, 7) is 5.71. The third kappa shape index (κ3) is 3.96. The molecule has 7 heteroatoms. The van der Waals surface area contributed by atoms with Crippen LogP contribution in [-0.2, 0) is 20.9 Å². The van der Waals surface area contributed by atoms with Gasteiger partial charge < -0.3 is 24.0 Å². The van der Waals surface area contributed by atoms with E-state index in [0.717, 1.165) is 39.1 Å². The van der Waals surface area contributed by atoms with E-state index in [9.17, 15) is 14.7 Å². The molecule has 40 heavy (non-hydrogen) atoms. The highest BCUT2D eigenvalue weighted by molar-refractivity contribution is 6.05. The van der Waals surface area contributed by atoms with E-state index in [1.54, 1.807) is 7.11 Å². The summed E-state index contributed by atoms with van der Waals surface area (Å²) in [5.74, 6) is 0.0436. The second kappa shape index (κ2) is 9.65. The zero-order valence-corrected chi connectivity index (χ0v) is 23.6. The summed E-state index contributed by atoms with van der Waals surface area (Å²) >= 11 is 0. The number of allylic oxidation sites excluding steroid dienone is 4. The van der Waals surface area contributed by atoms with E-state index in [2.05, 4.69) is 34.9 Å². The molecule has 0 radical (unpaired) electrons. The zero-order valence-electron chi connectivity index (χ0n) is 23.6. The van der Waals surface area contributed by atoms with Crippen molar-refractivity contribution in [1.82, 2.24) is 9.47 Å². The number of aromatic nitrogens is 1. The molecular weight excluding hydrogens is 504 g/mol. The molecule has 1 N–H and O–H groups in total. The molecule has 0 bridgehead atoms. The molecule has 1 saturated heterocycles. The van der Waals surface area contributed by atoms with Gasteiger partial charge in [-0.05, 0) is 73.4 Å². The second-order valence-corrected chi connectivity index (χ2v) is 12.3. The quantitative estimate of drug-likeness (QED) is 0.536. The molecule has 2 aliphatic heterocycles. The maximum Gasteiger partial charge on any atom is 0.336 e. The van der Waals surface area contributed by atoms with Gasteiger partial charge in [0.25, 0.3) is 0 Å². The fraction of sp³-hybridized carbons (Fsp3) is 0.515. The Morgan fingerprint density at radius 2 is 1.82 bits per heavy atom. The number of methoxy groups -OCH3 is 1. The predicted molar refractivity (Wildman–Crippen MR) is 153 cm³/mol. The summed E-state index contributed by atoms with van der Waals surface area (Å²) in [7, 11) is 1.71. The van der Waals surface area contributed by atoms with Crippen molar-refractivity contribution in [3.05, 3.63) is 63.9 Å². The fourth-order valence-corrected chi connectivity index (χ4v) is 8.09. The smallest absolute Gasteiger partial charge is 0.336 e. The molecule has 210 valence electrons. The number of hydrogen-bond acceptors (Lipinski definition) is 4. The maximum absolute atomic E-state index is 14.3. The zero-order chi connectivity index (χ0) is 27.7. The highest BCUT2D eigenvalue weighted by Crippen LogP contribution is 2.55. The number of amides is 1. The third-order valence-corrected chi connectivity index (χ3v) is 9.75. The monoisotopic (exact) mass is 542 g/mol. The van der Waals surface area contributed by atoms with Crippen LogP contribution < -0.4 is 4.74 Å². The van der Waals surface area contributed by atoms with Gasteiger partial charge in [0.2, 0.25) is 5.91 Å². The van der Waals surface area contributed by atoms with E-state index in [0.29, 0.717) is 37.5 Å². The average Bonchev–Trinajstić information content (AvgIpc) is 3.58. The Bertz CT molecular complexity index is 1490. The number of benzene rings is 1. The van der Waals surface area contributed by atoms with Crippen LogP contribution in [0.2, 0.25) is 0 Å². The molecule has 2 aromatic rings. The van der Waals surface area contributed by atoms with Crippen molar-refractivity contribution in [2.75, 3.05) is 20.2 Å². The maximum atomic E-state index is 14.3. The van der Waals surface area contributed by atoms with Crippen LogP contribution in [0.5, 0.6) is 5.75 Å². The van der Waals surface area contributed by atoms with Gasteiger partial charge in [0.05, 0.1) is 36.3 Å². The van der Waals surface area contributed by atoms with Gasteiger partial charge in [0.1, 0.15) is 5.75 Å². The summed E-state index contributed by atoms with van der Waals surface area (Å²) in [6.07, 6.45) is 10.8. The number of carboxylic acids is 1. The molecule has 5 aliphatic rings. The van der Waals surface area contributed by atoms with Gasteiger partial charge in [-0.2, -0.15) is 0 Å². The number of hydrogen-bond donors (Lipinski definition) is 1. The lowest BCUT2D eigenvalue weighted by Gasteiger charge is -2.39. The number of nitrogens with zero attached hydrogens (tertiary/aromatic N) is 2. The van der Waals surface area contributed by atoms with E-state index in [-0.39, 0.29) is 30.0 Å². The van der Waals surface area contributed by atoms with Crippen LogP contribution >= 0.6 is 0 Å². The molecule has 1 unspecified atom stereocenters. The lowest BCUT2D eigenvalue weighted by Crippen LogP contribution is -2.51. The lowest BCUT2D eigenvalue weighted by atomic mass is 9.75. The Hall–Kier alpha value is -3.32. The predicted octanol–water partition coefficient (Wildman–Crippen LogP) is 5.70. The Kier molecular flexibility index (Phi) is 6.19. The summed E-state index contributed by atoms with van der Waals surface area (Å²) in [6, 6.07) is 6.55. The molecule has 1 aromatic carbocycles. The van der Waals surface area contributed by atoms with E-state index >= 15 is 0 Å². The summed E-state index contributed by atoms with van der Waals surface area (Å²) in [4.78, 5) is 28.6. The van der Waals surface area contributed by atoms with Gasteiger partial charge in [0.15, 0.2) is 0 Å². The minimum Gasteiger partial charge on any atom is -0.496 e. The van der Waals surface area contributed by atoms with Crippen molar-refractivity contribution in [1.29, 1.82) is 0 Å². The number of carbonyl (C=O) groups is 2. The van der Waals surface area contributed by atoms with E-state index < -0.39 is 5.97 Å². The van der Waals surface area contributed by atoms with Gasteiger partial charge in [-0.15, -0.1) is 0 Å². The largest absolute Gasteiger partial charge is 0.496 e. The van der Waals surface area contributed by atoms with Gasteiger partial charge in [-0.3, -0.25) is 4.79 Å². The first-order valence-corrected chi connectivity index (χ1v) is 14.9. The minimum absolute atomic E-state index is 0.0112. The molecule has 7 rings (SSSR count). The van der Waals surface area contributed by atoms with Crippen LogP contribution in [0.1, 0.15) is 75.5 Å².